The van der Waals surface area contributed by atoms with E-state index in [1.165, 1.54) is 173 Å². The first-order valence-corrected chi connectivity index (χ1v) is 34.9. The van der Waals surface area contributed by atoms with Crippen LogP contribution in [-0.4, -0.2) is 37.2 Å². The minimum absolute atomic E-state index is 0.0832. The molecule has 0 aliphatic rings. The van der Waals surface area contributed by atoms with Crippen LogP contribution in [0, 0.1) is 0 Å². The number of carbonyl (C=O) groups is 3. The second-order valence-electron chi connectivity index (χ2n) is 23.0. The van der Waals surface area contributed by atoms with Gasteiger partial charge in [0.25, 0.3) is 0 Å². The van der Waals surface area contributed by atoms with Crippen LogP contribution in [-0.2, 0) is 28.6 Å². The summed E-state index contributed by atoms with van der Waals surface area (Å²) in [6, 6.07) is 0. The lowest BCUT2D eigenvalue weighted by atomic mass is 10.0. The summed E-state index contributed by atoms with van der Waals surface area (Å²) < 4.78 is 16.9. The third kappa shape index (κ3) is 66.9. The Kier molecular flexibility index (Phi) is 66.2. The van der Waals surface area contributed by atoms with Gasteiger partial charge in [0.05, 0.1) is 0 Å². The number of hydrogen-bond donors (Lipinski definition) is 0. The maximum atomic E-state index is 12.9. The quantitative estimate of drug-likeness (QED) is 0.0261. The fraction of sp³-hybridized carbons (Fsp3) is 0.724. The molecule has 0 aromatic heterocycles. The molecule has 0 radical (unpaired) electrons. The average Bonchev–Trinajstić information content (AvgIpc) is 3.47. The lowest BCUT2D eigenvalue weighted by Gasteiger charge is -2.18. The molecule has 0 N–H and O–H groups in total. The normalized spacial score (nSPS) is 12.8. The van der Waals surface area contributed by atoms with Gasteiger partial charge in [-0.25, -0.2) is 0 Å². The van der Waals surface area contributed by atoms with E-state index in [2.05, 4.69) is 130 Å². The van der Waals surface area contributed by atoms with E-state index >= 15 is 0 Å². The highest BCUT2D eigenvalue weighted by Crippen LogP contribution is 2.17. The Morgan fingerprint density at radius 3 is 0.756 bits per heavy atom. The number of rotatable bonds is 63. The molecule has 6 nitrogen and oxygen atoms in total. The summed E-state index contributed by atoms with van der Waals surface area (Å²) in [6.45, 7) is 6.42. The highest BCUT2D eigenvalue weighted by molar-refractivity contribution is 5.71. The van der Waals surface area contributed by atoms with Gasteiger partial charge < -0.3 is 14.2 Å². The van der Waals surface area contributed by atoms with E-state index in [0.717, 1.165) is 122 Å². The molecule has 0 fully saturated rings. The molecule has 0 saturated heterocycles. The molecule has 6 heteroatoms. The Balaban J connectivity index is 4.15. The molecule has 0 heterocycles. The Labute approximate surface area is 508 Å². The van der Waals surface area contributed by atoms with Gasteiger partial charge >= 0.3 is 17.9 Å². The molecular formula is C76H130O6. The molecule has 1 atom stereocenters. The van der Waals surface area contributed by atoms with E-state index in [1.807, 2.05) is 0 Å². The van der Waals surface area contributed by atoms with Crippen LogP contribution in [0.25, 0.3) is 0 Å². The number of ether oxygens (including phenoxy) is 3. The van der Waals surface area contributed by atoms with Crippen molar-refractivity contribution in [3.05, 3.63) is 109 Å². The van der Waals surface area contributed by atoms with E-state index in [9.17, 15) is 14.4 Å². The van der Waals surface area contributed by atoms with Gasteiger partial charge in [0, 0.05) is 19.3 Å². The molecule has 0 saturated carbocycles. The van der Waals surface area contributed by atoms with Crippen molar-refractivity contribution in [3.63, 3.8) is 0 Å². The molecule has 82 heavy (non-hydrogen) atoms. The fourth-order valence-electron chi connectivity index (χ4n) is 9.88. The Morgan fingerprint density at radius 2 is 0.476 bits per heavy atom. The summed E-state index contributed by atoms with van der Waals surface area (Å²) >= 11 is 0. The molecule has 0 aliphatic heterocycles. The average molecular weight is 1140 g/mol. The first-order valence-electron chi connectivity index (χ1n) is 34.9. The first-order chi connectivity index (χ1) is 40.5. The van der Waals surface area contributed by atoms with Crippen molar-refractivity contribution in [1.82, 2.24) is 0 Å². The SMILES string of the molecule is CC/C=C\C/C=C\C/C=C\C/C=C\C/C=C\C/C=C\CCCCCCCCCCCCCCCCCCC(=O)OCC(COC(=O)CCCCC/C=C\C/C=C\C/C=C\CC)OC(=O)CCCCCCCCCCCCCCCCCC. The number of allylic oxidation sites excluding steroid dienone is 18. The van der Waals surface area contributed by atoms with Gasteiger partial charge in [-0.05, 0) is 103 Å². The van der Waals surface area contributed by atoms with E-state index in [0.29, 0.717) is 19.3 Å². The Bertz CT molecular complexity index is 1640. The minimum Gasteiger partial charge on any atom is -0.462 e. The van der Waals surface area contributed by atoms with Crippen molar-refractivity contribution in [1.29, 1.82) is 0 Å². The molecule has 470 valence electrons. The van der Waals surface area contributed by atoms with E-state index in [4.69, 9.17) is 14.2 Å². The molecule has 0 aromatic rings. The second kappa shape index (κ2) is 69.6. The largest absolute Gasteiger partial charge is 0.462 e. The van der Waals surface area contributed by atoms with Gasteiger partial charge in [0.2, 0.25) is 0 Å². The number of carbonyl (C=O) groups excluding carboxylic acids is 3. The zero-order chi connectivity index (χ0) is 59.2. The van der Waals surface area contributed by atoms with Crippen molar-refractivity contribution < 1.29 is 28.6 Å². The van der Waals surface area contributed by atoms with Crippen LogP contribution in [0.3, 0.4) is 0 Å². The predicted molar refractivity (Wildman–Crippen MR) is 357 cm³/mol. The zero-order valence-corrected chi connectivity index (χ0v) is 54.0. The van der Waals surface area contributed by atoms with Gasteiger partial charge in [-0.15, -0.1) is 0 Å². The number of esters is 3. The van der Waals surface area contributed by atoms with Crippen molar-refractivity contribution in [2.75, 3.05) is 13.2 Å². The van der Waals surface area contributed by atoms with Crippen molar-refractivity contribution in [2.45, 2.75) is 341 Å². The molecule has 0 rings (SSSR count). The Morgan fingerprint density at radius 1 is 0.256 bits per heavy atom. The monoisotopic (exact) mass is 1140 g/mol. The maximum Gasteiger partial charge on any atom is 0.306 e. The summed E-state index contributed by atoms with van der Waals surface area (Å²) in [5, 5.41) is 0. The Hall–Kier alpha value is -3.93. The van der Waals surface area contributed by atoms with Crippen molar-refractivity contribution >= 4 is 17.9 Å². The topological polar surface area (TPSA) is 78.9 Å². The molecule has 0 amide bonds. The van der Waals surface area contributed by atoms with E-state index in [-0.39, 0.29) is 31.1 Å². The minimum atomic E-state index is -0.788. The molecule has 0 aliphatic carbocycles. The number of unbranched alkanes of at least 4 members (excludes halogenated alkanes) is 34. The van der Waals surface area contributed by atoms with Crippen molar-refractivity contribution in [3.8, 4) is 0 Å². The van der Waals surface area contributed by atoms with Gasteiger partial charge in [-0.1, -0.05) is 323 Å². The molecule has 1 unspecified atom stereocenters. The molecule has 0 spiro atoms. The van der Waals surface area contributed by atoms with E-state index in [1.54, 1.807) is 0 Å². The smallest absolute Gasteiger partial charge is 0.306 e. The van der Waals surface area contributed by atoms with Gasteiger partial charge in [0.1, 0.15) is 13.2 Å². The third-order valence-electron chi connectivity index (χ3n) is 15.0. The third-order valence-corrected chi connectivity index (χ3v) is 15.0. The van der Waals surface area contributed by atoms with Gasteiger partial charge in [0.15, 0.2) is 6.10 Å². The van der Waals surface area contributed by atoms with Crippen LogP contribution in [0.4, 0.5) is 0 Å². The molecule has 0 bridgehead atoms. The fourth-order valence-corrected chi connectivity index (χ4v) is 9.88. The van der Waals surface area contributed by atoms with Crippen LogP contribution < -0.4 is 0 Å². The standard InChI is InChI=1S/C76H130O6/c1-4-7-10-13-16-19-22-25-27-29-30-31-32-33-34-35-36-37-38-39-40-41-42-43-44-45-46-47-49-51-54-57-60-63-66-69-75(78)81-72-73(71-80-74(77)68-65-62-59-56-53-50-24-21-18-15-12-9-6-3)82-76(79)70-67-64-61-58-55-52-48-28-26-23-20-17-14-11-8-5-2/h7,9-10,12,16,18-19,21,25,27,30-31,33-34,36-37,50,53,73H,4-6,8,11,13-15,17,20,22-24,26,28-29,32,35,38-49,51-52,54-72H2,1-3H3/b10-7-,12-9-,19-16-,21-18-,27-25-,31-30-,34-33-,37-36-,53-50-. The van der Waals surface area contributed by atoms with Crippen LogP contribution in [0.1, 0.15) is 335 Å². The summed E-state index contributed by atoms with van der Waals surface area (Å²) in [4.78, 5) is 38.3. The molecular weight excluding hydrogens is 1010 g/mol. The van der Waals surface area contributed by atoms with E-state index < -0.39 is 6.10 Å². The second-order valence-corrected chi connectivity index (χ2v) is 23.0. The van der Waals surface area contributed by atoms with Crippen LogP contribution in [0.5, 0.6) is 0 Å². The highest BCUT2D eigenvalue weighted by atomic mass is 16.6. The zero-order valence-electron chi connectivity index (χ0n) is 54.0. The molecule has 0 aromatic carbocycles. The van der Waals surface area contributed by atoms with Crippen LogP contribution >= 0.6 is 0 Å². The lowest BCUT2D eigenvalue weighted by Crippen LogP contribution is -2.30. The maximum absolute atomic E-state index is 12.9. The summed E-state index contributed by atoms with van der Waals surface area (Å²) in [5.41, 5.74) is 0. The van der Waals surface area contributed by atoms with Crippen molar-refractivity contribution in [2.24, 2.45) is 0 Å². The van der Waals surface area contributed by atoms with Gasteiger partial charge in [-0.2, -0.15) is 0 Å². The van der Waals surface area contributed by atoms with Crippen LogP contribution in [0.15, 0.2) is 109 Å². The highest BCUT2D eigenvalue weighted by Gasteiger charge is 2.19. The first kappa shape index (κ1) is 78.1. The lowest BCUT2D eigenvalue weighted by molar-refractivity contribution is -0.167. The van der Waals surface area contributed by atoms with Gasteiger partial charge in [-0.3, -0.25) is 14.4 Å². The summed E-state index contributed by atoms with van der Waals surface area (Å²) in [7, 11) is 0. The summed E-state index contributed by atoms with van der Waals surface area (Å²) in [5.74, 6) is -0.899. The summed E-state index contributed by atoms with van der Waals surface area (Å²) in [6.07, 6.45) is 95.6. The number of hydrogen-bond acceptors (Lipinski definition) is 6. The predicted octanol–water partition coefficient (Wildman–Crippen LogP) is 24.2. The van der Waals surface area contributed by atoms with Crippen LogP contribution in [0.2, 0.25) is 0 Å².